The van der Waals surface area contributed by atoms with E-state index in [4.69, 9.17) is 16.3 Å². The molecule has 11 heteroatoms. The summed E-state index contributed by atoms with van der Waals surface area (Å²) in [5.74, 6) is 1.71. The molecule has 1 N–H and O–H groups in total. The van der Waals surface area contributed by atoms with Gasteiger partial charge < -0.3 is 19.9 Å². The van der Waals surface area contributed by atoms with Crippen molar-refractivity contribution in [2.45, 2.75) is 69.4 Å². The van der Waals surface area contributed by atoms with Gasteiger partial charge in [-0.1, -0.05) is 36.2 Å². The first-order chi connectivity index (χ1) is 20.6. The van der Waals surface area contributed by atoms with E-state index in [1.807, 2.05) is 13.8 Å². The summed E-state index contributed by atoms with van der Waals surface area (Å²) in [4.78, 5) is 14.5. The highest BCUT2D eigenvalue weighted by molar-refractivity contribution is 7.89. The standard InChI is InChI=1S/C32H43ClN6O3S/c1-23(2)42-29-21-26(39-18-14-25(15-19-39)38-16-8-5-9-17-38)13-12-24(29)20-31-34-22-27(33)32(36-31)35-28-10-6-7-11-30(28)43(40,41)37(3)4/h6-7,10-13,21-23,25H,5,8-9,14-20H2,1-4H3,(H,34,35,36). The van der Waals surface area contributed by atoms with Crippen LogP contribution < -0.4 is 15.0 Å². The zero-order valence-corrected chi connectivity index (χ0v) is 27.2. The number of nitrogens with zero attached hydrogens (tertiary/aromatic N) is 5. The normalized spacial score (nSPS) is 17.0. The quantitative estimate of drug-likeness (QED) is 0.295. The van der Waals surface area contributed by atoms with Crippen LogP contribution >= 0.6 is 11.6 Å². The minimum Gasteiger partial charge on any atom is -0.491 e. The Morgan fingerprint density at radius 1 is 1.05 bits per heavy atom. The van der Waals surface area contributed by atoms with Crippen LogP contribution in [0.2, 0.25) is 5.02 Å². The average molecular weight is 627 g/mol. The van der Waals surface area contributed by atoms with Crippen molar-refractivity contribution in [1.29, 1.82) is 0 Å². The first kappa shape index (κ1) is 31.5. The number of hydrogen-bond acceptors (Lipinski definition) is 8. The van der Waals surface area contributed by atoms with E-state index in [9.17, 15) is 8.42 Å². The van der Waals surface area contributed by atoms with Gasteiger partial charge >= 0.3 is 0 Å². The molecule has 43 heavy (non-hydrogen) atoms. The Labute approximate surface area is 261 Å². The molecule has 3 heterocycles. The lowest BCUT2D eigenvalue weighted by molar-refractivity contribution is 0.141. The lowest BCUT2D eigenvalue weighted by atomic mass is 9.99. The molecule has 2 saturated heterocycles. The predicted octanol–water partition coefficient (Wildman–Crippen LogP) is 5.96. The van der Waals surface area contributed by atoms with E-state index in [0.717, 1.165) is 24.4 Å². The van der Waals surface area contributed by atoms with Crippen molar-refractivity contribution in [3.63, 3.8) is 0 Å². The Bertz CT molecular complexity index is 1500. The van der Waals surface area contributed by atoms with E-state index in [0.29, 0.717) is 34.8 Å². The van der Waals surface area contributed by atoms with Crippen molar-refractivity contribution < 1.29 is 13.2 Å². The molecule has 0 unspecified atom stereocenters. The molecule has 0 saturated carbocycles. The smallest absolute Gasteiger partial charge is 0.244 e. The van der Waals surface area contributed by atoms with Crippen LogP contribution in [0.3, 0.4) is 0 Å². The second-order valence-corrected chi connectivity index (χ2v) is 14.4. The molecule has 0 amide bonds. The molecule has 0 spiro atoms. The number of benzene rings is 2. The van der Waals surface area contributed by atoms with Crippen molar-refractivity contribution in [2.75, 3.05) is 50.5 Å². The fourth-order valence-corrected chi connectivity index (χ4v) is 7.07. The van der Waals surface area contributed by atoms with Gasteiger partial charge in [-0.15, -0.1) is 0 Å². The maximum absolute atomic E-state index is 12.9. The van der Waals surface area contributed by atoms with Crippen LogP contribution in [-0.4, -0.2) is 80.0 Å². The van der Waals surface area contributed by atoms with E-state index in [1.165, 1.54) is 69.3 Å². The van der Waals surface area contributed by atoms with Crippen LogP contribution in [0.25, 0.3) is 0 Å². The fraction of sp³-hybridized carbons (Fsp3) is 0.500. The van der Waals surface area contributed by atoms with Crippen molar-refractivity contribution >= 4 is 38.8 Å². The molecule has 3 aromatic rings. The largest absolute Gasteiger partial charge is 0.491 e. The molecule has 2 aliphatic rings. The topological polar surface area (TPSA) is 90.9 Å². The molecule has 2 aromatic carbocycles. The molecule has 0 radical (unpaired) electrons. The third-order valence-corrected chi connectivity index (χ3v) is 10.3. The maximum Gasteiger partial charge on any atom is 0.244 e. The predicted molar refractivity (Wildman–Crippen MR) is 173 cm³/mol. The zero-order chi connectivity index (χ0) is 30.6. The number of halogens is 1. The number of likely N-dealkylation sites (tertiary alicyclic amines) is 1. The summed E-state index contributed by atoms with van der Waals surface area (Å²) in [5, 5.41) is 3.42. The van der Waals surface area contributed by atoms with Gasteiger partial charge in [-0.3, -0.25) is 0 Å². The molecule has 5 rings (SSSR count). The SMILES string of the molecule is CC(C)Oc1cc(N2CCC(N3CCCCC3)CC2)ccc1Cc1ncc(Cl)c(Nc2ccccc2S(=O)(=O)N(C)C)n1. The van der Waals surface area contributed by atoms with Crippen molar-refractivity contribution in [1.82, 2.24) is 19.2 Å². The Kier molecular flexibility index (Phi) is 10.1. The van der Waals surface area contributed by atoms with Crippen LogP contribution in [0.1, 0.15) is 57.3 Å². The zero-order valence-electron chi connectivity index (χ0n) is 25.6. The number of piperidine rings is 2. The second-order valence-electron chi connectivity index (χ2n) is 11.8. The second kappa shape index (κ2) is 13.8. The molecule has 2 fully saturated rings. The van der Waals surface area contributed by atoms with E-state index < -0.39 is 10.0 Å². The number of hydrogen-bond donors (Lipinski definition) is 1. The Morgan fingerprint density at radius 2 is 1.77 bits per heavy atom. The van der Waals surface area contributed by atoms with Gasteiger partial charge in [0.1, 0.15) is 21.5 Å². The highest BCUT2D eigenvalue weighted by Gasteiger charge is 2.26. The number of rotatable bonds is 10. The van der Waals surface area contributed by atoms with Gasteiger partial charge in [-0.2, -0.15) is 0 Å². The van der Waals surface area contributed by atoms with E-state index in [1.54, 1.807) is 30.5 Å². The first-order valence-corrected chi connectivity index (χ1v) is 17.0. The summed E-state index contributed by atoms with van der Waals surface area (Å²) < 4.78 is 33.3. The average Bonchev–Trinajstić information content (AvgIpc) is 3.00. The summed E-state index contributed by atoms with van der Waals surface area (Å²) in [5.41, 5.74) is 2.54. The number of ether oxygens (including phenoxy) is 1. The van der Waals surface area contributed by atoms with Crippen molar-refractivity contribution in [3.8, 4) is 5.75 Å². The third kappa shape index (κ3) is 7.60. The van der Waals surface area contributed by atoms with Gasteiger partial charge in [0, 0.05) is 57.0 Å². The number of anilines is 3. The maximum atomic E-state index is 12.9. The Hall–Kier alpha value is -2.92. The highest BCUT2D eigenvalue weighted by atomic mass is 35.5. The minimum atomic E-state index is -3.68. The molecule has 1 aromatic heterocycles. The summed E-state index contributed by atoms with van der Waals surface area (Å²) in [6.07, 6.45) is 8.40. The Morgan fingerprint density at radius 3 is 2.47 bits per heavy atom. The number of nitrogens with one attached hydrogen (secondary N) is 1. The fourth-order valence-electron chi connectivity index (χ4n) is 5.89. The van der Waals surface area contributed by atoms with Crippen LogP contribution in [0.4, 0.5) is 17.2 Å². The number of sulfonamides is 1. The van der Waals surface area contributed by atoms with E-state index in [-0.39, 0.29) is 11.0 Å². The van der Waals surface area contributed by atoms with E-state index >= 15 is 0 Å². The monoisotopic (exact) mass is 626 g/mol. The molecular formula is C32H43ClN6O3S. The van der Waals surface area contributed by atoms with Crippen LogP contribution in [0, 0.1) is 0 Å². The molecule has 232 valence electrons. The molecule has 2 aliphatic heterocycles. The summed E-state index contributed by atoms with van der Waals surface area (Å²) in [7, 11) is -0.674. The number of aromatic nitrogens is 2. The molecular weight excluding hydrogens is 584 g/mol. The van der Waals surface area contributed by atoms with Gasteiger partial charge in [0.05, 0.1) is 18.0 Å². The molecule has 9 nitrogen and oxygen atoms in total. The lowest BCUT2D eigenvalue weighted by Gasteiger charge is -2.41. The van der Waals surface area contributed by atoms with Crippen molar-refractivity contribution in [2.24, 2.45) is 0 Å². The molecule has 0 atom stereocenters. The number of para-hydroxylation sites is 1. The first-order valence-electron chi connectivity index (χ1n) is 15.2. The van der Waals surface area contributed by atoms with Gasteiger partial charge in [0.15, 0.2) is 5.82 Å². The van der Waals surface area contributed by atoms with Gasteiger partial charge in [0.25, 0.3) is 0 Å². The van der Waals surface area contributed by atoms with Crippen molar-refractivity contribution in [3.05, 3.63) is 65.1 Å². The van der Waals surface area contributed by atoms with Crippen LogP contribution in [0.15, 0.2) is 53.6 Å². The van der Waals surface area contributed by atoms with E-state index in [2.05, 4.69) is 43.3 Å². The Balaban J connectivity index is 1.34. The van der Waals surface area contributed by atoms with Gasteiger partial charge in [-0.25, -0.2) is 22.7 Å². The summed E-state index contributed by atoms with van der Waals surface area (Å²) in [6, 6.07) is 13.8. The van der Waals surface area contributed by atoms with Crippen LogP contribution in [-0.2, 0) is 16.4 Å². The molecule has 0 bridgehead atoms. The summed E-state index contributed by atoms with van der Waals surface area (Å²) >= 11 is 6.46. The third-order valence-electron chi connectivity index (χ3n) is 8.19. The molecule has 0 aliphatic carbocycles. The van der Waals surface area contributed by atoms with Gasteiger partial charge in [-0.05, 0) is 70.8 Å². The lowest BCUT2D eigenvalue weighted by Crippen LogP contribution is -2.46. The minimum absolute atomic E-state index is 0.0114. The highest BCUT2D eigenvalue weighted by Crippen LogP contribution is 2.33. The van der Waals surface area contributed by atoms with Crippen LogP contribution in [0.5, 0.6) is 5.75 Å². The van der Waals surface area contributed by atoms with Gasteiger partial charge in [0.2, 0.25) is 10.0 Å². The summed E-state index contributed by atoms with van der Waals surface area (Å²) in [6.45, 7) is 8.64.